The van der Waals surface area contributed by atoms with Crippen molar-refractivity contribution in [3.05, 3.63) is 0 Å². The summed E-state index contributed by atoms with van der Waals surface area (Å²) >= 11 is 5.61. The third-order valence-electron chi connectivity index (χ3n) is 2.54. The third kappa shape index (κ3) is 8.41. The Kier molecular flexibility index (Phi) is 10.6. The molecule has 0 fully saturated rings. The normalized spacial score (nSPS) is 12.9. The van der Waals surface area contributed by atoms with Crippen LogP contribution in [0.15, 0.2) is 0 Å². The van der Waals surface area contributed by atoms with Crippen LogP contribution in [-0.2, 0) is 14.3 Å². The second kappa shape index (κ2) is 10.8. The van der Waals surface area contributed by atoms with E-state index in [2.05, 4.69) is 0 Å². The van der Waals surface area contributed by atoms with Gasteiger partial charge in [-0.05, 0) is 39.5 Å². The minimum absolute atomic E-state index is 0.128. The number of rotatable bonds is 11. The number of carbonyl (C=O) groups is 1. The van der Waals surface area contributed by atoms with Crippen molar-refractivity contribution in [2.75, 3.05) is 19.1 Å². The third-order valence-corrected chi connectivity index (χ3v) is 2.81. The highest BCUT2D eigenvalue weighted by Gasteiger charge is 2.18. The molecule has 0 spiro atoms. The molecule has 0 aliphatic carbocycles. The van der Waals surface area contributed by atoms with Crippen molar-refractivity contribution in [2.24, 2.45) is 11.7 Å². The average molecular weight is 266 g/mol. The van der Waals surface area contributed by atoms with Gasteiger partial charge in [0.15, 0.2) is 6.29 Å². The number of carbonyl (C=O) groups excluding carboxylic acids is 1. The van der Waals surface area contributed by atoms with Crippen LogP contribution in [0.5, 0.6) is 0 Å². The van der Waals surface area contributed by atoms with Crippen LogP contribution < -0.4 is 5.73 Å². The molecule has 0 saturated carbocycles. The standard InChI is InChI=1S/C12H24ClNO3/c1-3-16-11(17-4-2)8-7-10(12(14)15)6-5-9-13/h10-11H,3-9H2,1-2H3,(H2,14,15). The Morgan fingerprint density at radius 3 is 2.18 bits per heavy atom. The van der Waals surface area contributed by atoms with Gasteiger partial charge in [-0.3, -0.25) is 4.79 Å². The average Bonchev–Trinajstić information content (AvgIpc) is 2.29. The highest BCUT2D eigenvalue weighted by atomic mass is 35.5. The van der Waals surface area contributed by atoms with Crippen LogP contribution >= 0.6 is 11.6 Å². The van der Waals surface area contributed by atoms with E-state index >= 15 is 0 Å². The lowest BCUT2D eigenvalue weighted by molar-refractivity contribution is -0.143. The molecule has 0 aromatic heterocycles. The summed E-state index contributed by atoms with van der Waals surface area (Å²) < 4.78 is 10.8. The van der Waals surface area contributed by atoms with Gasteiger partial charge >= 0.3 is 0 Å². The quantitative estimate of drug-likeness (QED) is 0.461. The molecule has 102 valence electrons. The molecule has 5 heteroatoms. The number of primary amides is 1. The van der Waals surface area contributed by atoms with Gasteiger partial charge in [0.2, 0.25) is 5.91 Å². The second-order valence-corrected chi connectivity index (χ2v) is 4.23. The zero-order valence-corrected chi connectivity index (χ0v) is 11.5. The molecule has 0 aromatic carbocycles. The van der Waals surface area contributed by atoms with E-state index < -0.39 is 0 Å². The number of ether oxygens (including phenoxy) is 2. The summed E-state index contributed by atoms with van der Waals surface area (Å²) in [6, 6.07) is 0. The van der Waals surface area contributed by atoms with E-state index in [-0.39, 0.29) is 18.1 Å². The summed E-state index contributed by atoms with van der Waals surface area (Å²) in [5.74, 6) is 0.170. The van der Waals surface area contributed by atoms with Crippen LogP contribution in [-0.4, -0.2) is 31.3 Å². The van der Waals surface area contributed by atoms with Gasteiger partial charge in [0.1, 0.15) is 0 Å². The minimum Gasteiger partial charge on any atom is -0.369 e. The maximum atomic E-state index is 11.2. The van der Waals surface area contributed by atoms with Crippen LogP contribution in [0.3, 0.4) is 0 Å². The van der Waals surface area contributed by atoms with Gasteiger partial charge in [-0.15, -0.1) is 11.6 Å². The van der Waals surface area contributed by atoms with Gasteiger partial charge in [0.25, 0.3) is 0 Å². The van der Waals surface area contributed by atoms with E-state index in [1.54, 1.807) is 0 Å². The van der Waals surface area contributed by atoms with Crippen LogP contribution in [0.2, 0.25) is 0 Å². The summed E-state index contributed by atoms with van der Waals surface area (Å²) in [5, 5.41) is 0. The minimum atomic E-state index is -0.262. The molecule has 17 heavy (non-hydrogen) atoms. The fourth-order valence-corrected chi connectivity index (χ4v) is 1.83. The van der Waals surface area contributed by atoms with Crippen molar-refractivity contribution in [1.29, 1.82) is 0 Å². The lowest BCUT2D eigenvalue weighted by Gasteiger charge is -2.19. The van der Waals surface area contributed by atoms with Crippen molar-refractivity contribution in [3.63, 3.8) is 0 Å². The fraction of sp³-hybridized carbons (Fsp3) is 0.917. The first-order valence-electron chi connectivity index (χ1n) is 6.24. The van der Waals surface area contributed by atoms with E-state index in [0.717, 1.165) is 12.8 Å². The first-order valence-corrected chi connectivity index (χ1v) is 6.77. The monoisotopic (exact) mass is 265 g/mol. The molecule has 4 nitrogen and oxygen atoms in total. The molecule has 0 heterocycles. The van der Waals surface area contributed by atoms with E-state index in [1.807, 2.05) is 13.8 Å². The fourth-order valence-electron chi connectivity index (χ4n) is 1.68. The molecule has 0 aliphatic heterocycles. The molecular weight excluding hydrogens is 242 g/mol. The Labute approximate surface area is 109 Å². The number of hydrogen-bond acceptors (Lipinski definition) is 3. The van der Waals surface area contributed by atoms with Crippen LogP contribution in [0.25, 0.3) is 0 Å². The van der Waals surface area contributed by atoms with Crippen molar-refractivity contribution in [1.82, 2.24) is 0 Å². The number of hydrogen-bond donors (Lipinski definition) is 1. The molecule has 0 bridgehead atoms. The van der Waals surface area contributed by atoms with Gasteiger partial charge in [-0.2, -0.15) is 0 Å². The molecule has 0 aliphatic rings. The zero-order chi connectivity index (χ0) is 13.1. The predicted molar refractivity (Wildman–Crippen MR) is 68.9 cm³/mol. The highest BCUT2D eigenvalue weighted by molar-refractivity contribution is 6.17. The first kappa shape index (κ1) is 16.7. The topological polar surface area (TPSA) is 61.5 Å². The lowest BCUT2D eigenvalue weighted by Crippen LogP contribution is -2.26. The van der Waals surface area contributed by atoms with Gasteiger partial charge in [0.05, 0.1) is 0 Å². The van der Waals surface area contributed by atoms with Crippen LogP contribution in [0, 0.1) is 5.92 Å². The van der Waals surface area contributed by atoms with E-state index in [9.17, 15) is 4.79 Å². The maximum absolute atomic E-state index is 11.2. The molecule has 2 N–H and O–H groups in total. The molecule has 1 unspecified atom stereocenters. The summed E-state index contributed by atoms with van der Waals surface area (Å²) in [4.78, 5) is 11.2. The van der Waals surface area contributed by atoms with Crippen LogP contribution in [0.4, 0.5) is 0 Å². The Hall–Kier alpha value is -0.320. The largest absolute Gasteiger partial charge is 0.369 e. The van der Waals surface area contributed by atoms with Crippen molar-refractivity contribution in [3.8, 4) is 0 Å². The lowest BCUT2D eigenvalue weighted by atomic mass is 9.97. The molecule has 0 saturated heterocycles. The Morgan fingerprint density at radius 2 is 1.76 bits per heavy atom. The Balaban J connectivity index is 4.01. The zero-order valence-electron chi connectivity index (χ0n) is 10.8. The number of alkyl halides is 1. The number of halogens is 1. The summed E-state index contributed by atoms with van der Waals surface area (Å²) in [7, 11) is 0. The van der Waals surface area contributed by atoms with Crippen molar-refractivity contribution >= 4 is 17.5 Å². The van der Waals surface area contributed by atoms with Gasteiger partial charge in [-0.25, -0.2) is 0 Å². The Morgan fingerprint density at radius 1 is 1.18 bits per heavy atom. The van der Waals surface area contributed by atoms with Gasteiger partial charge in [-0.1, -0.05) is 0 Å². The molecule has 1 amide bonds. The highest BCUT2D eigenvalue weighted by Crippen LogP contribution is 2.17. The number of amides is 1. The number of nitrogens with two attached hydrogens (primary N) is 1. The summed E-state index contributed by atoms with van der Waals surface area (Å²) in [5.41, 5.74) is 5.35. The SMILES string of the molecule is CCOC(CCC(CCCCl)C(N)=O)OCC. The molecular formula is C12H24ClNO3. The molecule has 0 aromatic rings. The molecule has 0 rings (SSSR count). The van der Waals surface area contributed by atoms with E-state index in [4.69, 9.17) is 26.8 Å². The van der Waals surface area contributed by atoms with E-state index in [0.29, 0.717) is 31.9 Å². The Bertz CT molecular complexity index is 196. The van der Waals surface area contributed by atoms with Crippen LogP contribution in [0.1, 0.15) is 39.5 Å². The smallest absolute Gasteiger partial charge is 0.220 e. The summed E-state index contributed by atoms with van der Waals surface area (Å²) in [6.07, 6.45) is 2.70. The van der Waals surface area contributed by atoms with Gasteiger partial charge < -0.3 is 15.2 Å². The maximum Gasteiger partial charge on any atom is 0.220 e. The predicted octanol–water partition coefficient (Wildman–Crippen LogP) is 2.29. The van der Waals surface area contributed by atoms with Gasteiger partial charge in [0, 0.05) is 25.0 Å². The molecule has 0 radical (unpaired) electrons. The van der Waals surface area contributed by atoms with Crippen molar-refractivity contribution < 1.29 is 14.3 Å². The second-order valence-electron chi connectivity index (χ2n) is 3.85. The van der Waals surface area contributed by atoms with E-state index in [1.165, 1.54) is 0 Å². The van der Waals surface area contributed by atoms with Crippen molar-refractivity contribution in [2.45, 2.75) is 45.8 Å². The molecule has 1 atom stereocenters. The summed E-state index contributed by atoms with van der Waals surface area (Å²) in [6.45, 7) is 5.05. The first-order chi connectivity index (χ1) is 8.15.